The minimum atomic E-state index is 0.439. The fraction of sp³-hybridized carbons (Fsp3) is 0.400. The normalized spacial score (nSPS) is 15.5. The fourth-order valence-corrected chi connectivity index (χ4v) is 3.38. The SMILES string of the molecule is CCC(CC1CC1)n1cc(-c2nc(-c3cnn(C)c3)cnc2C=CN)cn1. The van der Waals surface area contributed by atoms with Crippen molar-refractivity contribution in [3.05, 3.63) is 42.9 Å². The van der Waals surface area contributed by atoms with Crippen LogP contribution in [-0.2, 0) is 7.05 Å². The maximum Gasteiger partial charge on any atom is 0.0998 e. The lowest BCUT2D eigenvalue weighted by atomic mass is 10.1. The lowest BCUT2D eigenvalue weighted by molar-refractivity contribution is 0.393. The largest absolute Gasteiger partial charge is 0.405 e. The molecule has 0 saturated heterocycles. The molecule has 3 aromatic rings. The van der Waals surface area contributed by atoms with Crippen LogP contribution >= 0.6 is 0 Å². The Labute approximate surface area is 158 Å². The summed E-state index contributed by atoms with van der Waals surface area (Å²) in [5.41, 5.74) is 9.80. The number of hydrogen-bond acceptors (Lipinski definition) is 5. The molecule has 0 spiro atoms. The van der Waals surface area contributed by atoms with Crippen molar-refractivity contribution in [2.24, 2.45) is 18.7 Å². The molecule has 27 heavy (non-hydrogen) atoms. The summed E-state index contributed by atoms with van der Waals surface area (Å²) in [5.74, 6) is 0.868. The zero-order valence-corrected chi connectivity index (χ0v) is 15.8. The van der Waals surface area contributed by atoms with E-state index in [0.717, 1.165) is 40.5 Å². The van der Waals surface area contributed by atoms with Crippen molar-refractivity contribution in [1.82, 2.24) is 29.5 Å². The van der Waals surface area contributed by atoms with E-state index in [-0.39, 0.29) is 0 Å². The number of nitrogens with two attached hydrogens (primary N) is 1. The minimum Gasteiger partial charge on any atom is -0.405 e. The third kappa shape index (κ3) is 3.77. The van der Waals surface area contributed by atoms with Crippen molar-refractivity contribution in [3.63, 3.8) is 0 Å². The van der Waals surface area contributed by atoms with E-state index in [0.29, 0.717) is 6.04 Å². The van der Waals surface area contributed by atoms with E-state index in [2.05, 4.69) is 33.0 Å². The molecule has 0 bridgehead atoms. The van der Waals surface area contributed by atoms with E-state index in [1.54, 1.807) is 23.2 Å². The number of aryl methyl sites for hydroxylation is 1. The first kappa shape index (κ1) is 17.5. The third-order valence-corrected chi connectivity index (χ3v) is 5.08. The lowest BCUT2D eigenvalue weighted by Crippen LogP contribution is -2.09. The van der Waals surface area contributed by atoms with Gasteiger partial charge in [0.05, 0.1) is 41.7 Å². The number of rotatable bonds is 7. The summed E-state index contributed by atoms with van der Waals surface area (Å²) in [6.45, 7) is 2.22. The Hall–Kier alpha value is -2.96. The second kappa shape index (κ2) is 7.34. The molecule has 0 radical (unpaired) electrons. The van der Waals surface area contributed by atoms with Gasteiger partial charge in [-0.1, -0.05) is 19.8 Å². The molecule has 1 aliphatic carbocycles. The summed E-state index contributed by atoms with van der Waals surface area (Å²) in [7, 11) is 1.89. The predicted octanol–water partition coefficient (Wildman–Crippen LogP) is 3.42. The Morgan fingerprint density at radius 3 is 2.67 bits per heavy atom. The van der Waals surface area contributed by atoms with Gasteiger partial charge in [-0.3, -0.25) is 14.3 Å². The van der Waals surface area contributed by atoms with Gasteiger partial charge >= 0.3 is 0 Å². The highest BCUT2D eigenvalue weighted by Gasteiger charge is 2.26. The van der Waals surface area contributed by atoms with Crippen LogP contribution in [0.25, 0.3) is 28.6 Å². The first-order chi connectivity index (χ1) is 13.2. The van der Waals surface area contributed by atoms with Crippen LogP contribution in [0.5, 0.6) is 0 Å². The maximum atomic E-state index is 5.61. The fourth-order valence-electron chi connectivity index (χ4n) is 3.38. The molecule has 1 fully saturated rings. The van der Waals surface area contributed by atoms with Crippen molar-refractivity contribution in [1.29, 1.82) is 0 Å². The average Bonchev–Trinajstić information content (AvgIpc) is 3.17. The van der Waals surface area contributed by atoms with Crippen molar-refractivity contribution in [2.75, 3.05) is 0 Å². The number of aromatic nitrogens is 6. The van der Waals surface area contributed by atoms with Crippen LogP contribution in [0.15, 0.2) is 37.2 Å². The molecule has 1 atom stereocenters. The molecule has 0 aliphatic heterocycles. The Kier molecular flexibility index (Phi) is 4.75. The summed E-state index contributed by atoms with van der Waals surface area (Å²) in [5, 5.41) is 8.85. The van der Waals surface area contributed by atoms with Gasteiger partial charge in [-0.2, -0.15) is 10.2 Å². The molecule has 3 heterocycles. The van der Waals surface area contributed by atoms with E-state index >= 15 is 0 Å². The van der Waals surface area contributed by atoms with E-state index in [4.69, 9.17) is 10.7 Å². The van der Waals surface area contributed by atoms with Crippen LogP contribution in [0, 0.1) is 5.92 Å². The predicted molar refractivity (Wildman–Crippen MR) is 105 cm³/mol. The van der Waals surface area contributed by atoms with Gasteiger partial charge in [0, 0.05) is 30.6 Å². The van der Waals surface area contributed by atoms with Crippen molar-refractivity contribution < 1.29 is 0 Å². The third-order valence-electron chi connectivity index (χ3n) is 5.08. The van der Waals surface area contributed by atoms with E-state index in [1.807, 2.05) is 19.4 Å². The maximum absolute atomic E-state index is 5.61. The van der Waals surface area contributed by atoms with Crippen LogP contribution in [0.2, 0.25) is 0 Å². The van der Waals surface area contributed by atoms with E-state index in [9.17, 15) is 0 Å². The molecule has 1 aliphatic rings. The molecule has 4 rings (SSSR count). The molecule has 0 aromatic carbocycles. The van der Waals surface area contributed by atoms with E-state index in [1.165, 1.54) is 25.5 Å². The lowest BCUT2D eigenvalue weighted by Gasteiger charge is -2.14. The van der Waals surface area contributed by atoms with Gasteiger partial charge in [0.2, 0.25) is 0 Å². The summed E-state index contributed by atoms with van der Waals surface area (Å²) in [4.78, 5) is 9.40. The summed E-state index contributed by atoms with van der Waals surface area (Å²) < 4.78 is 3.84. The standard InChI is InChI=1S/C20H25N7/c1-3-17(8-14-4-5-14)27-13-16(10-24-27)20-18(6-7-21)22-11-19(25-20)15-9-23-26(2)12-15/h6-7,9-14,17H,3-5,8,21H2,1-2H3. The van der Waals surface area contributed by atoms with Crippen molar-refractivity contribution in [3.8, 4) is 22.5 Å². The molecule has 3 aromatic heterocycles. The molecule has 140 valence electrons. The molecule has 7 heteroatoms. The van der Waals surface area contributed by atoms with Crippen molar-refractivity contribution in [2.45, 2.75) is 38.6 Å². The number of nitrogens with zero attached hydrogens (tertiary/aromatic N) is 6. The van der Waals surface area contributed by atoms with E-state index < -0.39 is 0 Å². The summed E-state index contributed by atoms with van der Waals surface area (Å²) in [6.07, 6.45) is 17.7. The molecule has 1 saturated carbocycles. The molecule has 0 amide bonds. The highest BCUT2D eigenvalue weighted by molar-refractivity contribution is 5.71. The van der Waals surface area contributed by atoms with Gasteiger partial charge in [0.25, 0.3) is 0 Å². The first-order valence-corrected chi connectivity index (χ1v) is 9.46. The molecule has 2 N–H and O–H groups in total. The first-order valence-electron chi connectivity index (χ1n) is 9.46. The minimum absolute atomic E-state index is 0.439. The zero-order chi connectivity index (χ0) is 18.8. The smallest absolute Gasteiger partial charge is 0.0998 e. The van der Waals surface area contributed by atoms with Crippen LogP contribution in [-0.4, -0.2) is 29.5 Å². The summed E-state index contributed by atoms with van der Waals surface area (Å²) in [6, 6.07) is 0.439. The van der Waals surface area contributed by atoms with Gasteiger partial charge in [-0.15, -0.1) is 0 Å². The molecule has 1 unspecified atom stereocenters. The Morgan fingerprint density at radius 2 is 2.00 bits per heavy atom. The van der Waals surface area contributed by atoms with Crippen LogP contribution in [0.3, 0.4) is 0 Å². The highest BCUT2D eigenvalue weighted by atomic mass is 15.3. The molecular weight excluding hydrogens is 338 g/mol. The topological polar surface area (TPSA) is 87.4 Å². The van der Waals surface area contributed by atoms with Gasteiger partial charge < -0.3 is 5.73 Å². The molecule has 7 nitrogen and oxygen atoms in total. The second-order valence-electron chi connectivity index (χ2n) is 7.20. The average molecular weight is 363 g/mol. The summed E-state index contributed by atoms with van der Waals surface area (Å²) >= 11 is 0. The monoisotopic (exact) mass is 363 g/mol. The van der Waals surface area contributed by atoms with Crippen LogP contribution in [0.4, 0.5) is 0 Å². The van der Waals surface area contributed by atoms with Crippen molar-refractivity contribution >= 4 is 6.08 Å². The number of hydrogen-bond donors (Lipinski definition) is 1. The van der Waals surface area contributed by atoms with Crippen LogP contribution < -0.4 is 5.73 Å². The second-order valence-corrected chi connectivity index (χ2v) is 7.20. The van der Waals surface area contributed by atoms with Crippen LogP contribution in [0.1, 0.15) is 44.3 Å². The Bertz CT molecular complexity index is 949. The van der Waals surface area contributed by atoms with Gasteiger partial charge in [0.15, 0.2) is 0 Å². The quantitative estimate of drug-likeness (QED) is 0.695. The molecular formula is C20H25N7. The van der Waals surface area contributed by atoms with Gasteiger partial charge in [-0.05, 0) is 31.0 Å². The van der Waals surface area contributed by atoms with Gasteiger partial charge in [0.1, 0.15) is 0 Å². The van der Waals surface area contributed by atoms with Gasteiger partial charge in [-0.25, -0.2) is 4.98 Å². The Morgan fingerprint density at radius 1 is 1.19 bits per heavy atom. The zero-order valence-electron chi connectivity index (χ0n) is 15.8. The Balaban J connectivity index is 1.70. The highest BCUT2D eigenvalue weighted by Crippen LogP contribution is 2.38.